The summed E-state index contributed by atoms with van der Waals surface area (Å²) in [6.07, 6.45) is 0.675. The van der Waals surface area contributed by atoms with Crippen molar-refractivity contribution in [2.75, 3.05) is 19.5 Å². The van der Waals surface area contributed by atoms with Gasteiger partial charge < -0.3 is 14.8 Å². The number of benzene rings is 1. The summed E-state index contributed by atoms with van der Waals surface area (Å²) < 4.78 is 11.2. The summed E-state index contributed by atoms with van der Waals surface area (Å²) in [7, 11) is 3.17. The normalized spacial score (nSPS) is 10.7. The van der Waals surface area contributed by atoms with E-state index in [0.717, 1.165) is 15.8 Å². The Labute approximate surface area is 170 Å². The van der Waals surface area contributed by atoms with E-state index in [9.17, 15) is 9.59 Å². The summed E-state index contributed by atoms with van der Waals surface area (Å²) in [5, 5.41) is 4.10. The van der Waals surface area contributed by atoms with Crippen LogP contribution in [0, 0.1) is 0 Å². The van der Waals surface area contributed by atoms with Gasteiger partial charge in [0.15, 0.2) is 23.6 Å². The SMILES string of the molecule is COc1ccc(CNc2nc(CCC(=O)C=O)nc3sc(Cl)cc23)cc1OC. The number of fused-ring (bicyclic) bond motifs is 1. The fourth-order valence-electron chi connectivity index (χ4n) is 2.65. The van der Waals surface area contributed by atoms with Gasteiger partial charge in [-0.25, -0.2) is 9.97 Å². The van der Waals surface area contributed by atoms with Crippen molar-refractivity contribution in [3.63, 3.8) is 0 Å². The Balaban J connectivity index is 1.84. The number of rotatable bonds is 9. The second-order valence-corrected chi connectivity index (χ2v) is 7.55. The van der Waals surface area contributed by atoms with E-state index in [4.69, 9.17) is 21.1 Å². The molecule has 3 rings (SSSR count). The van der Waals surface area contributed by atoms with Gasteiger partial charge in [-0.3, -0.25) is 9.59 Å². The van der Waals surface area contributed by atoms with Gasteiger partial charge in [-0.1, -0.05) is 17.7 Å². The number of aryl methyl sites for hydroxylation is 1. The van der Waals surface area contributed by atoms with E-state index < -0.39 is 5.78 Å². The molecule has 0 amide bonds. The van der Waals surface area contributed by atoms with Gasteiger partial charge in [-0.15, -0.1) is 11.3 Å². The lowest BCUT2D eigenvalue weighted by atomic mass is 10.2. The first-order chi connectivity index (χ1) is 13.5. The van der Waals surface area contributed by atoms with Crippen molar-refractivity contribution in [2.45, 2.75) is 19.4 Å². The van der Waals surface area contributed by atoms with E-state index in [1.54, 1.807) is 20.3 Å². The number of thiophene rings is 1. The topological polar surface area (TPSA) is 90.4 Å². The predicted molar refractivity (Wildman–Crippen MR) is 109 cm³/mol. The molecule has 0 saturated heterocycles. The number of hydrogen-bond donors (Lipinski definition) is 1. The first-order valence-corrected chi connectivity index (χ1v) is 9.62. The highest BCUT2D eigenvalue weighted by molar-refractivity contribution is 7.22. The molecule has 3 aromatic rings. The smallest absolute Gasteiger partial charge is 0.195 e. The average Bonchev–Trinajstić information content (AvgIpc) is 3.09. The predicted octanol–water partition coefficient (Wildman–Crippen LogP) is 3.67. The first kappa shape index (κ1) is 20.0. The Morgan fingerprint density at radius 2 is 2.00 bits per heavy atom. The summed E-state index contributed by atoms with van der Waals surface area (Å²) >= 11 is 7.48. The van der Waals surface area contributed by atoms with E-state index in [1.165, 1.54) is 11.3 Å². The number of nitrogens with zero attached hydrogens (tertiary/aromatic N) is 2. The van der Waals surface area contributed by atoms with Crippen LogP contribution in [0.25, 0.3) is 10.2 Å². The molecule has 2 heterocycles. The van der Waals surface area contributed by atoms with Crippen molar-refractivity contribution in [1.29, 1.82) is 0 Å². The van der Waals surface area contributed by atoms with Crippen molar-refractivity contribution in [3.8, 4) is 11.5 Å². The van der Waals surface area contributed by atoms with Gasteiger partial charge in [0, 0.05) is 19.4 Å². The van der Waals surface area contributed by atoms with Crippen LogP contribution < -0.4 is 14.8 Å². The Morgan fingerprint density at radius 1 is 1.21 bits per heavy atom. The lowest BCUT2D eigenvalue weighted by Gasteiger charge is -2.11. The molecule has 9 heteroatoms. The molecule has 0 unspecified atom stereocenters. The van der Waals surface area contributed by atoms with E-state index in [2.05, 4.69) is 15.3 Å². The van der Waals surface area contributed by atoms with Crippen LogP contribution in [-0.2, 0) is 22.6 Å². The number of Topliss-reactive ketones (excluding diaryl/α,β-unsaturated/α-hetero) is 1. The summed E-state index contributed by atoms with van der Waals surface area (Å²) in [5.74, 6) is 1.92. The largest absolute Gasteiger partial charge is 0.493 e. The second kappa shape index (κ2) is 8.99. The van der Waals surface area contributed by atoms with Crippen LogP contribution in [0.4, 0.5) is 5.82 Å². The van der Waals surface area contributed by atoms with Gasteiger partial charge in [0.1, 0.15) is 16.5 Å². The Morgan fingerprint density at radius 3 is 2.71 bits per heavy atom. The molecule has 0 fully saturated rings. The maximum atomic E-state index is 11.3. The first-order valence-electron chi connectivity index (χ1n) is 8.42. The van der Waals surface area contributed by atoms with Crippen molar-refractivity contribution in [1.82, 2.24) is 9.97 Å². The van der Waals surface area contributed by atoms with Gasteiger partial charge in [0.25, 0.3) is 0 Å². The van der Waals surface area contributed by atoms with Gasteiger partial charge in [-0.05, 0) is 23.8 Å². The highest BCUT2D eigenvalue weighted by Gasteiger charge is 2.13. The van der Waals surface area contributed by atoms with Crippen LogP contribution in [0.2, 0.25) is 4.34 Å². The maximum absolute atomic E-state index is 11.3. The van der Waals surface area contributed by atoms with E-state index in [1.807, 2.05) is 18.2 Å². The minimum absolute atomic E-state index is 0.0727. The number of ether oxygens (including phenoxy) is 2. The van der Waals surface area contributed by atoms with Crippen molar-refractivity contribution in [3.05, 3.63) is 40.0 Å². The fraction of sp³-hybridized carbons (Fsp3) is 0.263. The number of aldehydes is 1. The number of ketones is 1. The van der Waals surface area contributed by atoms with Crippen LogP contribution in [0.15, 0.2) is 24.3 Å². The Kier molecular flexibility index (Phi) is 6.43. The maximum Gasteiger partial charge on any atom is 0.195 e. The lowest BCUT2D eigenvalue weighted by Crippen LogP contribution is -2.07. The number of methoxy groups -OCH3 is 2. The number of nitrogens with one attached hydrogen (secondary N) is 1. The molecule has 146 valence electrons. The van der Waals surface area contributed by atoms with Crippen LogP contribution in [0.1, 0.15) is 17.8 Å². The molecule has 0 radical (unpaired) electrons. The molecule has 0 aliphatic heterocycles. The number of aromatic nitrogens is 2. The molecule has 0 aliphatic rings. The van der Waals surface area contributed by atoms with Gasteiger partial charge >= 0.3 is 0 Å². The van der Waals surface area contributed by atoms with E-state index >= 15 is 0 Å². The molecule has 0 bridgehead atoms. The minimum atomic E-state index is -0.479. The molecule has 0 spiro atoms. The molecular formula is C19H18ClN3O4S. The molecule has 2 aromatic heterocycles. The van der Waals surface area contributed by atoms with E-state index in [-0.39, 0.29) is 12.8 Å². The van der Waals surface area contributed by atoms with Gasteiger partial charge in [0.05, 0.1) is 23.9 Å². The number of hydrogen-bond acceptors (Lipinski definition) is 8. The quantitative estimate of drug-likeness (QED) is 0.418. The van der Waals surface area contributed by atoms with Crippen LogP contribution in [0.3, 0.4) is 0 Å². The minimum Gasteiger partial charge on any atom is -0.493 e. The van der Waals surface area contributed by atoms with Crippen LogP contribution >= 0.6 is 22.9 Å². The third-order valence-electron chi connectivity index (χ3n) is 4.04. The molecule has 0 atom stereocenters. The third kappa shape index (κ3) is 4.58. The van der Waals surface area contributed by atoms with Crippen molar-refractivity contribution in [2.24, 2.45) is 0 Å². The van der Waals surface area contributed by atoms with Crippen molar-refractivity contribution >= 4 is 51.0 Å². The number of carbonyl (C=O) groups excluding carboxylic acids is 2. The highest BCUT2D eigenvalue weighted by atomic mass is 35.5. The molecular weight excluding hydrogens is 402 g/mol. The summed E-state index contributed by atoms with van der Waals surface area (Å²) in [6, 6.07) is 7.45. The summed E-state index contributed by atoms with van der Waals surface area (Å²) in [6.45, 7) is 0.493. The lowest BCUT2D eigenvalue weighted by molar-refractivity contribution is -0.129. The zero-order chi connectivity index (χ0) is 20.1. The van der Waals surface area contributed by atoms with Crippen LogP contribution in [0.5, 0.6) is 11.5 Å². The third-order valence-corrected chi connectivity index (χ3v) is 5.20. The monoisotopic (exact) mass is 419 g/mol. The second-order valence-electron chi connectivity index (χ2n) is 5.88. The highest BCUT2D eigenvalue weighted by Crippen LogP contribution is 2.33. The van der Waals surface area contributed by atoms with Gasteiger partial charge in [-0.2, -0.15) is 0 Å². The standard InChI is InChI=1S/C19H18ClN3O4S/c1-26-14-5-3-11(7-15(14)27-2)9-21-18-13-8-16(20)28-19(13)23-17(22-18)6-4-12(25)10-24/h3,5,7-8,10H,4,6,9H2,1-2H3,(H,21,22,23). The molecule has 1 aromatic carbocycles. The zero-order valence-electron chi connectivity index (χ0n) is 15.3. The number of carbonyl (C=O) groups is 2. The Hall–Kier alpha value is -2.71. The molecule has 28 heavy (non-hydrogen) atoms. The molecule has 0 aliphatic carbocycles. The van der Waals surface area contributed by atoms with Crippen LogP contribution in [-0.4, -0.2) is 36.3 Å². The molecule has 0 saturated carbocycles. The number of halogens is 1. The zero-order valence-corrected chi connectivity index (χ0v) is 16.9. The fourth-order valence-corrected chi connectivity index (χ4v) is 3.76. The van der Waals surface area contributed by atoms with Crippen molar-refractivity contribution < 1.29 is 19.1 Å². The summed E-state index contributed by atoms with van der Waals surface area (Å²) in [4.78, 5) is 31.5. The molecule has 1 N–H and O–H groups in total. The van der Waals surface area contributed by atoms with Gasteiger partial charge in [0.2, 0.25) is 0 Å². The average molecular weight is 420 g/mol. The Bertz CT molecular complexity index is 1020. The molecule has 7 nitrogen and oxygen atoms in total. The van der Waals surface area contributed by atoms with E-state index in [0.29, 0.717) is 40.3 Å². The summed E-state index contributed by atoms with van der Waals surface area (Å²) in [5.41, 5.74) is 0.975. The number of anilines is 1.